The van der Waals surface area contributed by atoms with Crippen molar-refractivity contribution < 1.29 is 23.7 Å². The largest absolute Gasteiger partial charge is 0.497 e. The van der Waals surface area contributed by atoms with Crippen molar-refractivity contribution in [2.24, 2.45) is 0 Å². The van der Waals surface area contributed by atoms with E-state index in [4.69, 9.17) is 18.9 Å². The average Bonchev–Trinajstić information content (AvgIpc) is 3.33. The van der Waals surface area contributed by atoms with Crippen molar-refractivity contribution in [1.29, 1.82) is 0 Å². The van der Waals surface area contributed by atoms with Gasteiger partial charge in [0, 0.05) is 11.1 Å². The third kappa shape index (κ3) is 3.76. The minimum Gasteiger partial charge on any atom is -0.497 e. The summed E-state index contributed by atoms with van der Waals surface area (Å²) < 4.78 is 22.0. The number of nitrogens with zero attached hydrogens (tertiary/aromatic N) is 1. The zero-order valence-corrected chi connectivity index (χ0v) is 18.6. The standard InChI is InChI=1S/C26H24N2O5/c1-30-19-10-8-16(9-11-19)22-15-23-21-14-20(31-2)12-13-24(21)33-25(28(23)27-22)17-4-6-18(7-5-17)26(29)32-3/h4-15,23,25,27H,1-3H3. The summed E-state index contributed by atoms with van der Waals surface area (Å²) in [5, 5.41) is 2.06. The van der Waals surface area contributed by atoms with Crippen LogP contribution in [0, 0.1) is 0 Å². The molecule has 168 valence electrons. The summed E-state index contributed by atoms with van der Waals surface area (Å²) >= 11 is 0. The predicted octanol–water partition coefficient (Wildman–Crippen LogP) is 4.48. The first kappa shape index (κ1) is 20.9. The normalized spacial score (nSPS) is 18.8. The summed E-state index contributed by atoms with van der Waals surface area (Å²) in [5.74, 6) is 1.99. The Morgan fingerprint density at radius 1 is 0.909 bits per heavy atom. The molecule has 2 atom stereocenters. The van der Waals surface area contributed by atoms with Crippen LogP contribution in [-0.4, -0.2) is 32.3 Å². The predicted molar refractivity (Wildman–Crippen MR) is 123 cm³/mol. The molecule has 2 aliphatic rings. The van der Waals surface area contributed by atoms with Gasteiger partial charge in [-0.15, -0.1) is 0 Å². The highest BCUT2D eigenvalue weighted by atomic mass is 16.5. The Morgan fingerprint density at radius 2 is 1.61 bits per heavy atom. The zero-order valence-electron chi connectivity index (χ0n) is 18.6. The van der Waals surface area contributed by atoms with Gasteiger partial charge in [-0.05, 0) is 66.2 Å². The number of nitrogens with one attached hydrogen (secondary N) is 1. The number of fused-ring (bicyclic) bond motifs is 3. The molecule has 7 heteroatoms. The molecule has 2 heterocycles. The number of carbonyl (C=O) groups excluding carboxylic acids is 1. The van der Waals surface area contributed by atoms with Crippen molar-refractivity contribution >= 4 is 11.7 Å². The van der Waals surface area contributed by atoms with Crippen molar-refractivity contribution in [3.8, 4) is 17.2 Å². The second-order valence-corrected chi connectivity index (χ2v) is 7.76. The van der Waals surface area contributed by atoms with Gasteiger partial charge in [-0.3, -0.25) is 0 Å². The van der Waals surface area contributed by atoms with Crippen molar-refractivity contribution in [3.63, 3.8) is 0 Å². The Bertz CT molecular complexity index is 1200. The van der Waals surface area contributed by atoms with Crippen LogP contribution < -0.4 is 19.6 Å². The maximum Gasteiger partial charge on any atom is 0.337 e. The molecule has 0 amide bonds. The lowest BCUT2D eigenvalue weighted by molar-refractivity contribution is -0.0327. The molecule has 2 unspecified atom stereocenters. The smallest absolute Gasteiger partial charge is 0.337 e. The van der Waals surface area contributed by atoms with E-state index in [0.717, 1.165) is 39.6 Å². The zero-order chi connectivity index (χ0) is 22.9. The molecular weight excluding hydrogens is 420 g/mol. The molecule has 0 bridgehead atoms. The molecule has 3 aromatic carbocycles. The van der Waals surface area contributed by atoms with E-state index in [0.29, 0.717) is 5.56 Å². The molecule has 3 aromatic rings. The first-order valence-corrected chi connectivity index (χ1v) is 10.6. The number of hydrogen-bond acceptors (Lipinski definition) is 7. The van der Waals surface area contributed by atoms with Crippen molar-refractivity contribution in [2.45, 2.75) is 12.3 Å². The average molecular weight is 444 g/mol. The molecule has 5 rings (SSSR count). The molecule has 0 fully saturated rings. The fourth-order valence-electron chi connectivity index (χ4n) is 4.16. The number of benzene rings is 3. The number of esters is 1. The number of hydrogen-bond donors (Lipinski definition) is 1. The molecule has 0 radical (unpaired) electrons. The molecule has 33 heavy (non-hydrogen) atoms. The van der Waals surface area contributed by atoms with Crippen LogP contribution in [0.5, 0.6) is 17.2 Å². The summed E-state index contributed by atoms with van der Waals surface area (Å²) in [6.07, 6.45) is 1.77. The molecular formula is C26H24N2O5. The van der Waals surface area contributed by atoms with Crippen molar-refractivity contribution in [3.05, 3.63) is 95.1 Å². The summed E-state index contributed by atoms with van der Waals surface area (Å²) in [4.78, 5) is 11.8. The van der Waals surface area contributed by atoms with E-state index in [-0.39, 0.29) is 12.0 Å². The van der Waals surface area contributed by atoms with Gasteiger partial charge in [0.15, 0.2) is 6.23 Å². The molecule has 1 N–H and O–H groups in total. The van der Waals surface area contributed by atoms with Gasteiger partial charge in [-0.1, -0.05) is 12.1 Å². The topological polar surface area (TPSA) is 69.3 Å². The second-order valence-electron chi connectivity index (χ2n) is 7.76. The van der Waals surface area contributed by atoms with Crippen molar-refractivity contribution in [1.82, 2.24) is 10.4 Å². The highest BCUT2D eigenvalue weighted by molar-refractivity contribution is 5.89. The quantitative estimate of drug-likeness (QED) is 0.582. The molecule has 0 aliphatic carbocycles. The van der Waals surface area contributed by atoms with Gasteiger partial charge in [0.1, 0.15) is 17.2 Å². The second kappa shape index (κ2) is 8.52. The molecule has 2 aliphatic heterocycles. The summed E-state index contributed by atoms with van der Waals surface area (Å²) in [6.45, 7) is 0. The molecule has 0 saturated carbocycles. The fourth-order valence-corrected chi connectivity index (χ4v) is 4.16. The van der Waals surface area contributed by atoms with Gasteiger partial charge in [-0.2, -0.15) is 5.01 Å². The van der Waals surface area contributed by atoms with Crippen LogP contribution >= 0.6 is 0 Å². The summed E-state index contributed by atoms with van der Waals surface area (Å²) in [7, 11) is 4.68. The van der Waals surface area contributed by atoms with Crippen LogP contribution in [0.1, 0.15) is 39.3 Å². The Kier molecular flexibility index (Phi) is 5.40. The van der Waals surface area contributed by atoms with Crippen LogP contribution in [0.15, 0.2) is 72.8 Å². The SMILES string of the molecule is COC(=O)c1ccc(C2Oc3ccc(OC)cc3C3C=C(c4ccc(OC)cc4)NN32)cc1. The number of ether oxygens (including phenoxy) is 4. The summed E-state index contributed by atoms with van der Waals surface area (Å²) in [6, 6.07) is 20.9. The lowest BCUT2D eigenvalue weighted by Crippen LogP contribution is -2.43. The van der Waals surface area contributed by atoms with E-state index in [1.165, 1.54) is 7.11 Å². The van der Waals surface area contributed by atoms with Gasteiger partial charge in [-0.25, -0.2) is 4.79 Å². The third-order valence-corrected chi connectivity index (χ3v) is 5.92. The highest BCUT2D eigenvalue weighted by Gasteiger charge is 2.40. The van der Waals surface area contributed by atoms with Crippen LogP contribution in [0.4, 0.5) is 0 Å². The molecule has 0 aromatic heterocycles. The molecule has 7 nitrogen and oxygen atoms in total. The monoisotopic (exact) mass is 444 g/mol. The van der Waals surface area contributed by atoms with E-state index in [9.17, 15) is 4.79 Å². The summed E-state index contributed by atoms with van der Waals surface area (Å²) in [5.41, 5.74) is 7.93. The Hall–Kier alpha value is -3.97. The maximum absolute atomic E-state index is 11.8. The van der Waals surface area contributed by atoms with Gasteiger partial charge < -0.3 is 24.4 Å². The molecule has 0 spiro atoms. The van der Waals surface area contributed by atoms with Crippen molar-refractivity contribution in [2.75, 3.05) is 21.3 Å². The fraction of sp³-hybridized carbons (Fsp3) is 0.192. The highest BCUT2D eigenvalue weighted by Crippen LogP contribution is 2.47. The van der Waals surface area contributed by atoms with Gasteiger partial charge in [0.2, 0.25) is 0 Å². The van der Waals surface area contributed by atoms with Crippen LogP contribution in [0.25, 0.3) is 5.70 Å². The lowest BCUT2D eigenvalue weighted by atomic mass is 10.00. The lowest BCUT2D eigenvalue weighted by Gasteiger charge is -2.39. The number of methoxy groups -OCH3 is 3. The van der Waals surface area contributed by atoms with E-state index in [2.05, 4.69) is 16.5 Å². The van der Waals surface area contributed by atoms with E-state index < -0.39 is 6.23 Å². The minimum absolute atomic E-state index is 0.0776. The van der Waals surface area contributed by atoms with E-state index in [1.54, 1.807) is 26.4 Å². The first-order valence-electron chi connectivity index (χ1n) is 10.6. The Labute approximate surface area is 192 Å². The first-order chi connectivity index (χ1) is 16.1. The Balaban J connectivity index is 1.53. The van der Waals surface area contributed by atoms with E-state index in [1.807, 2.05) is 54.6 Å². The number of rotatable bonds is 5. The van der Waals surface area contributed by atoms with Gasteiger partial charge in [0.25, 0.3) is 0 Å². The third-order valence-electron chi connectivity index (χ3n) is 5.92. The number of carbonyl (C=O) groups is 1. The number of hydrazine groups is 1. The van der Waals surface area contributed by atoms with Crippen LogP contribution in [0.3, 0.4) is 0 Å². The Morgan fingerprint density at radius 3 is 2.27 bits per heavy atom. The van der Waals surface area contributed by atoms with Gasteiger partial charge >= 0.3 is 5.97 Å². The van der Waals surface area contributed by atoms with Gasteiger partial charge in [0.05, 0.1) is 38.6 Å². The maximum atomic E-state index is 11.8. The van der Waals surface area contributed by atoms with Crippen LogP contribution in [0.2, 0.25) is 0 Å². The van der Waals surface area contributed by atoms with Crippen LogP contribution in [-0.2, 0) is 4.74 Å². The minimum atomic E-state index is -0.408. The molecule has 0 saturated heterocycles. The van der Waals surface area contributed by atoms with E-state index >= 15 is 0 Å².